The Kier molecular flexibility index (Phi) is 5.92. The number of non-ortho nitro benzene ring substituents is 1. The number of carbonyl (C=O) groups is 1. The second-order valence-corrected chi connectivity index (χ2v) is 6.31. The number of carbonyl (C=O) groups excluding carboxylic acids is 1. The van der Waals surface area contributed by atoms with Crippen LogP contribution in [0.2, 0.25) is 0 Å². The Labute approximate surface area is 168 Å². The molecule has 0 aliphatic carbocycles. The lowest BCUT2D eigenvalue weighted by atomic mass is 9.92. The van der Waals surface area contributed by atoms with Crippen LogP contribution in [0.1, 0.15) is 24.1 Å². The molecule has 2 aromatic carbocycles. The average Bonchev–Trinajstić information content (AvgIpc) is 2.74. The summed E-state index contributed by atoms with van der Waals surface area (Å²) in [5.74, 6) is -0.500. The molecule has 8 heteroatoms. The van der Waals surface area contributed by atoms with Crippen LogP contribution in [-0.4, -0.2) is 42.6 Å². The number of hydrogen-bond acceptors (Lipinski definition) is 7. The van der Waals surface area contributed by atoms with Crippen molar-refractivity contribution in [3.8, 4) is 0 Å². The van der Waals surface area contributed by atoms with E-state index in [1.807, 2.05) is 30.3 Å². The van der Waals surface area contributed by atoms with Gasteiger partial charge in [-0.2, -0.15) is 4.99 Å². The standard InChI is InChI=1S/C21H21N3O5/c1-4-29-20(25)17-18(14-8-6-5-7-9-14)22-21(28-3)23(2)19(17)15-10-12-16(13-11-15)24(26)27/h5-13,19H,4H2,1-3H3. The zero-order valence-electron chi connectivity index (χ0n) is 16.4. The topological polar surface area (TPSA) is 94.3 Å². The fourth-order valence-electron chi connectivity index (χ4n) is 3.26. The minimum atomic E-state index is -0.586. The van der Waals surface area contributed by atoms with E-state index < -0.39 is 16.9 Å². The molecule has 0 N–H and O–H groups in total. The van der Waals surface area contributed by atoms with Crippen molar-refractivity contribution in [1.29, 1.82) is 0 Å². The summed E-state index contributed by atoms with van der Waals surface area (Å²) in [6.45, 7) is 1.94. The molecule has 1 heterocycles. The molecule has 1 aliphatic rings. The zero-order valence-corrected chi connectivity index (χ0v) is 16.4. The van der Waals surface area contributed by atoms with Crippen molar-refractivity contribution >= 4 is 23.4 Å². The predicted octanol–water partition coefficient (Wildman–Crippen LogP) is 3.56. The average molecular weight is 395 g/mol. The Morgan fingerprint density at radius 2 is 1.83 bits per heavy atom. The van der Waals surface area contributed by atoms with Gasteiger partial charge in [0.2, 0.25) is 0 Å². The van der Waals surface area contributed by atoms with Gasteiger partial charge in [0.15, 0.2) is 0 Å². The third-order valence-corrected chi connectivity index (χ3v) is 4.57. The molecule has 1 aliphatic heterocycles. The quantitative estimate of drug-likeness (QED) is 0.436. The summed E-state index contributed by atoms with van der Waals surface area (Å²) in [6, 6.07) is 15.1. The van der Waals surface area contributed by atoms with Crippen LogP contribution >= 0.6 is 0 Å². The summed E-state index contributed by atoms with van der Waals surface area (Å²) in [5.41, 5.74) is 2.18. The molecule has 0 saturated carbocycles. The van der Waals surface area contributed by atoms with Crippen LogP contribution in [0.5, 0.6) is 0 Å². The fraction of sp³-hybridized carbons (Fsp3) is 0.238. The van der Waals surface area contributed by atoms with Gasteiger partial charge in [-0.05, 0) is 24.6 Å². The monoisotopic (exact) mass is 395 g/mol. The number of nitro benzene ring substituents is 1. The van der Waals surface area contributed by atoms with E-state index in [1.54, 1.807) is 31.0 Å². The number of esters is 1. The van der Waals surface area contributed by atoms with Gasteiger partial charge in [0.05, 0.1) is 36.0 Å². The second-order valence-electron chi connectivity index (χ2n) is 6.31. The number of benzene rings is 2. The number of nitrogens with zero attached hydrogens (tertiary/aromatic N) is 3. The molecule has 8 nitrogen and oxygen atoms in total. The van der Waals surface area contributed by atoms with Crippen molar-refractivity contribution in [1.82, 2.24) is 4.90 Å². The Bertz CT molecular complexity index is 968. The zero-order chi connectivity index (χ0) is 21.0. The van der Waals surface area contributed by atoms with Gasteiger partial charge < -0.3 is 14.4 Å². The largest absolute Gasteiger partial charge is 0.468 e. The smallest absolute Gasteiger partial charge is 0.338 e. The van der Waals surface area contributed by atoms with E-state index in [1.165, 1.54) is 19.2 Å². The summed E-state index contributed by atoms with van der Waals surface area (Å²) in [7, 11) is 3.25. The molecule has 1 unspecified atom stereocenters. The molecule has 0 fully saturated rings. The Morgan fingerprint density at radius 1 is 1.17 bits per heavy atom. The van der Waals surface area contributed by atoms with E-state index in [0.29, 0.717) is 22.9 Å². The van der Waals surface area contributed by atoms with E-state index in [0.717, 1.165) is 5.56 Å². The normalized spacial score (nSPS) is 16.3. The SMILES string of the molecule is CCOC(=O)C1=C(c2ccccc2)N=C(OC)N(C)C1c1ccc([N+](=O)[O-])cc1. The van der Waals surface area contributed by atoms with Crippen LogP contribution in [0, 0.1) is 10.1 Å². The highest BCUT2D eigenvalue weighted by molar-refractivity contribution is 6.03. The fourth-order valence-corrected chi connectivity index (χ4v) is 3.26. The van der Waals surface area contributed by atoms with E-state index in [-0.39, 0.29) is 12.3 Å². The first-order valence-corrected chi connectivity index (χ1v) is 9.04. The molecular weight excluding hydrogens is 374 g/mol. The van der Waals surface area contributed by atoms with Gasteiger partial charge in [-0.15, -0.1) is 0 Å². The maximum Gasteiger partial charge on any atom is 0.338 e. The van der Waals surface area contributed by atoms with E-state index in [2.05, 4.69) is 4.99 Å². The van der Waals surface area contributed by atoms with Crippen LogP contribution in [0.25, 0.3) is 5.70 Å². The van der Waals surface area contributed by atoms with E-state index in [9.17, 15) is 14.9 Å². The molecule has 0 amide bonds. The molecule has 1 atom stereocenters. The lowest BCUT2D eigenvalue weighted by molar-refractivity contribution is -0.384. The number of aliphatic imine (C=N–C) groups is 1. The molecular formula is C21H21N3O5. The summed E-state index contributed by atoms with van der Waals surface area (Å²) < 4.78 is 10.8. The molecule has 0 spiro atoms. The van der Waals surface area contributed by atoms with Gasteiger partial charge in [0.1, 0.15) is 0 Å². The van der Waals surface area contributed by atoms with Gasteiger partial charge in [-0.1, -0.05) is 30.3 Å². The third kappa shape index (κ3) is 3.96. The Hall–Kier alpha value is -3.68. The summed E-state index contributed by atoms with van der Waals surface area (Å²) >= 11 is 0. The first-order chi connectivity index (χ1) is 14.0. The first kappa shape index (κ1) is 20.1. The van der Waals surface area contributed by atoms with Gasteiger partial charge in [0.25, 0.3) is 11.7 Å². The highest BCUT2D eigenvalue weighted by atomic mass is 16.6. The van der Waals surface area contributed by atoms with Crippen LogP contribution in [0.4, 0.5) is 5.69 Å². The van der Waals surface area contributed by atoms with Gasteiger partial charge in [0, 0.05) is 24.7 Å². The van der Waals surface area contributed by atoms with Crippen molar-refractivity contribution < 1.29 is 19.2 Å². The predicted molar refractivity (Wildman–Crippen MR) is 108 cm³/mol. The number of hydrogen-bond donors (Lipinski definition) is 0. The third-order valence-electron chi connectivity index (χ3n) is 4.57. The van der Waals surface area contributed by atoms with E-state index >= 15 is 0 Å². The van der Waals surface area contributed by atoms with Gasteiger partial charge in [-0.3, -0.25) is 10.1 Å². The van der Waals surface area contributed by atoms with Gasteiger partial charge >= 0.3 is 5.97 Å². The van der Waals surface area contributed by atoms with Crippen LogP contribution < -0.4 is 0 Å². The van der Waals surface area contributed by atoms with Gasteiger partial charge in [-0.25, -0.2) is 4.79 Å². The van der Waals surface area contributed by atoms with Crippen molar-refractivity contribution in [2.24, 2.45) is 4.99 Å². The van der Waals surface area contributed by atoms with Crippen molar-refractivity contribution in [2.75, 3.05) is 20.8 Å². The Morgan fingerprint density at radius 3 is 2.38 bits per heavy atom. The number of likely N-dealkylation sites (N-methyl/N-ethyl adjacent to an activating group) is 1. The second kappa shape index (κ2) is 8.55. The lowest BCUT2D eigenvalue weighted by Crippen LogP contribution is -2.38. The van der Waals surface area contributed by atoms with Crippen molar-refractivity contribution in [3.05, 3.63) is 81.4 Å². The van der Waals surface area contributed by atoms with Crippen LogP contribution in [-0.2, 0) is 14.3 Å². The van der Waals surface area contributed by atoms with Crippen molar-refractivity contribution in [2.45, 2.75) is 13.0 Å². The molecule has 29 heavy (non-hydrogen) atoms. The molecule has 0 radical (unpaired) electrons. The highest BCUT2D eigenvalue weighted by Gasteiger charge is 2.37. The lowest BCUT2D eigenvalue weighted by Gasteiger charge is -2.35. The molecule has 0 aromatic heterocycles. The molecule has 3 rings (SSSR count). The minimum Gasteiger partial charge on any atom is -0.468 e. The molecule has 0 bridgehead atoms. The summed E-state index contributed by atoms with van der Waals surface area (Å²) in [6.07, 6.45) is 0. The maximum absolute atomic E-state index is 13.0. The number of amidine groups is 1. The van der Waals surface area contributed by atoms with Crippen LogP contribution in [0.3, 0.4) is 0 Å². The summed E-state index contributed by atoms with van der Waals surface area (Å²) in [4.78, 5) is 29.8. The number of rotatable bonds is 5. The molecule has 2 aromatic rings. The number of ether oxygens (including phenoxy) is 2. The minimum absolute atomic E-state index is 0.0298. The highest BCUT2D eigenvalue weighted by Crippen LogP contribution is 2.39. The van der Waals surface area contributed by atoms with E-state index in [4.69, 9.17) is 9.47 Å². The molecule has 0 saturated heterocycles. The molecule has 150 valence electrons. The number of nitro groups is 1. The van der Waals surface area contributed by atoms with Crippen LogP contribution in [0.15, 0.2) is 65.2 Å². The Balaban J connectivity index is 2.22. The maximum atomic E-state index is 13.0. The first-order valence-electron chi connectivity index (χ1n) is 9.04. The van der Waals surface area contributed by atoms with Crippen molar-refractivity contribution in [3.63, 3.8) is 0 Å². The number of methoxy groups -OCH3 is 1. The summed E-state index contributed by atoms with van der Waals surface area (Å²) in [5, 5.41) is 11.0.